The summed E-state index contributed by atoms with van der Waals surface area (Å²) < 4.78 is 38.3. The Hall–Kier alpha value is -2.65. The van der Waals surface area contributed by atoms with Gasteiger partial charge in [-0.15, -0.1) is 0 Å². The molecule has 0 saturated heterocycles. The Bertz CT molecular complexity index is 961. The Morgan fingerprint density at radius 3 is 2.68 bits per heavy atom. The van der Waals surface area contributed by atoms with Gasteiger partial charge in [-0.05, 0) is 37.1 Å². The zero-order valence-electron chi connectivity index (χ0n) is 15.2. The summed E-state index contributed by atoms with van der Waals surface area (Å²) in [6.07, 6.45) is 5.09. The number of aromatic nitrogens is 1. The minimum Gasteiger partial charge on any atom is -0.490 e. The maximum absolute atomic E-state index is 12.9. The SMILES string of the molecule is O=C(CN(C1CC1)S(=O)(=O)c1cccnc1)Nc1ccc2c(c1)OCCCO2. The van der Waals surface area contributed by atoms with Crippen LogP contribution in [-0.4, -0.2) is 49.4 Å². The topological polar surface area (TPSA) is 97.8 Å². The van der Waals surface area contributed by atoms with Crippen LogP contribution in [0.25, 0.3) is 0 Å². The molecule has 0 spiro atoms. The van der Waals surface area contributed by atoms with Crippen molar-refractivity contribution >= 4 is 21.6 Å². The van der Waals surface area contributed by atoms with E-state index in [-0.39, 0.29) is 17.5 Å². The van der Waals surface area contributed by atoms with Crippen molar-refractivity contribution in [3.05, 3.63) is 42.7 Å². The molecular formula is C19H21N3O5S. The normalized spacial score (nSPS) is 16.5. The molecule has 2 aliphatic rings. The van der Waals surface area contributed by atoms with Crippen LogP contribution in [0.2, 0.25) is 0 Å². The third-order valence-corrected chi connectivity index (χ3v) is 6.41. The molecule has 9 heteroatoms. The maximum atomic E-state index is 12.9. The number of carbonyl (C=O) groups is 1. The molecule has 148 valence electrons. The highest BCUT2D eigenvalue weighted by atomic mass is 32.2. The molecule has 1 aliphatic heterocycles. The number of pyridine rings is 1. The minimum absolute atomic E-state index is 0.0882. The highest BCUT2D eigenvalue weighted by Gasteiger charge is 2.39. The summed E-state index contributed by atoms with van der Waals surface area (Å²) in [6.45, 7) is 0.876. The number of ether oxygens (including phenoxy) is 2. The second-order valence-electron chi connectivity index (χ2n) is 6.73. The number of rotatable bonds is 6. The third-order valence-electron chi connectivity index (χ3n) is 4.53. The van der Waals surface area contributed by atoms with Gasteiger partial charge in [-0.2, -0.15) is 4.31 Å². The summed E-state index contributed by atoms with van der Waals surface area (Å²) in [5, 5.41) is 2.75. The van der Waals surface area contributed by atoms with Crippen LogP contribution in [-0.2, 0) is 14.8 Å². The van der Waals surface area contributed by atoms with Crippen molar-refractivity contribution in [1.29, 1.82) is 0 Å². The molecule has 1 aliphatic carbocycles. The van der Waals surface area contributed by atoms with Crippen molar-refractivity contribution in [3.8, 4) is 11.5 Å². The van der Waals surface area contributed by atoms with Crippen LogP contribution in [0.4, 0.5) is 5.69 Å². The summed E-state index contributed by atoms with van der Waals surface area (Å²) in [5.41, 5.74) is 0.531. The van der Waals surface area contributed by atoms with Gasteiger partial charge in [-0.1, -0.05) is 0 Å². The zero-order chi connectivity index (χ0) is 19.6. The predicted molar refractivity (Wildman–Crippen MR) is 102 cm³/mol. The molecular weight excluding hydrogens is 382 g/mol. The number of carbonyl (C=O) groups excluding carboxylic acids is 1. The van der Waals surface area contributed by atoms with Gasteiger partial charge < -0.3 is 14.8 Å². The van der Waals surface area contributed by atoms with Crippen LogP contribution in [0.15, 0.2) is 47.6 Å². The fourth-order valence-electron chi connectivity index (χ4n) is 2.99. The fourth-order valence-corrected chi connectivity index (χ4v) is 4.60. The first-order chi connectivity index (χ1) is 13.5. The molecule has 0 bridgehead atoms. The molecule has 0 unspecified atom stereocenters. The highest BCUT2D eigenvalue weighted by molar-refractivity contribution is 7.89. The summed E-state index contributed by atoms with van der Waals surface area (Å²) in [4.78, 5) is 16.5. The number of nitrogens with one attached hydrogen (secondary N) is 1. The molecule has 0 radical (unpaired) electrons. The summed E-state index contributed by atoms with van der Waals surface area (Å²) in [6, 6.07) is 8.04. The van der Waals surface area contributed by atoms with E-state index in [1.807, 2.05) is 0 Å². The number of sulfonamides is 1. The van der Waals surface area contributed by atoms with E-state index in [0.717, 1.165) is 19.3 Å². The average Bonchev–Trinajstić information content (AvgIpc) is 3.54. The molecule has 4 rings (SSSR count). The Morgan fingerprint density at radius 1 is 1.18 bits per heavy atom. The van der Waals surface area contributed by atoms with Crippen molar-refractivity contribution < 1.29 is 22.7 Å². The first kappa shape index (κ1) is 18.7. The van der Waals surface area contributed by atoms with Crippen molar-refractivity contribution in [3.63, 3.8) is 0 Å². The molecule has 1 aromatic carbocycles. The number of anilines is 1. The van der Waals surface area contributed by atoms with Gasteiger partial charge in [0.2, 0.25) is 15.9 Å². The van der Waals surface area contributed by atoms with Gasteiger partial charge in [0.1, 0.15) is 4.90 Å². The lowest BCUT2D eigenvalue weighted by molar-refractivity contribution is -0.116. The quantitative estimate of drug-likeness (QED) is 0.793. The Kier molecular flexibility index (Phi) is 5.19. The Labute approximate surface area is 163 Å². The number of benzene rings is 1. The van der Waals surface area contributed by atoms with Gasteiger partial charge in [0.25, 0.3) is 0 Å². The second-order valence-corrected chi connectivity index (χ2v) is 8.62. The molecule has 2 heterocycles. The monoisotopic (exact) mass is 403 g/mol. The largest absolute Gasteiger partial charge is 0.490 e. The molecule has 1 amide bonds. The fraction of sp³-hybridized carbons (Fsp3) is 0.368. The third kappa shape index (κ3) is 4.10. The molecule has 2 aromatic rings. The van der Waals surface area contributed by atoms with E-state index in [1.165, 1.54) is 22.8 Å². The van der Waals surface area contributed by atoms with Gasteiger partial charge in [-0.3, -0.25) is 9.78 Å². The van der Waals surface area contributed by atoms with E-state index >= 15 is 0 Å². The lowest BCUT2D eigenvalue weighted by Gasteiger charge is -2.21. The van der Waals surface area contributed by atoms with Crippen LogP contribution in [0.1, 0.15) is 19.3 Å². The minimum atomic E-state index is -3.78. The van der Waals surface area contributed by atoms with Crippen LogP contribution in [0.5, 0.6) is 11.5 Å². The maximum Gasteiger partial charge on any atom is 0.245 e. The first-order valence-corrected chi connectivity index (χ1v) is 10.6. The molecule has 28 heavy (non-hydrogen) atoms. The molecule has 1 aromatic heterocycles. The standard InChI is InChI=1S/C19H21N3O5S/c23-19(21-14-4-7-17-18(11-14)27-10-2-9-26-17)13-22(15-5-6-15)28(24,25)16-3-1-8-20-12-16/h1,3-4,7-8,11-12,15H,2,5-6,9-10,13H2,(H,21,23). The van der Waals surface area contributed by atoms with E-state index < -0.39 is 15.9 Å². The number of fused-ring (bicyclic) bond motifs is 1. The number of hydrogen-bond acceptors (Lipinski definition) is 6. The van der Waals surface area contributed by atoms with Gasteiger partial charge in [-0.25, -0.2) is 8.42 Å². The zero-order valence-corrected chi connectivity index (χ0v) is 16.0. The number of nitrogens with zero attached hydrogens (tertiary/aromatic N) is 2. The first-order valence-electron chi connectivity index (χ1n) is 9.15. The van der Waals surface area contributed by atoms with Crippen LogP contribution in [0, 0.1) is 0 Å². The summed E-state index contributed by atoms with van der Waals surface area (Å²) in [7, 11) is -3.78. The smallest absolute Gasteiger partial charge is 0.245 e. The van der Waals surface area contributed by atoms with Crippen LogP contribution >= 0.6 is 0 Å². The second kappa shape index (κ2) is 7.76. The van der Waals surface area contributed by atoms with E-state index in [4.69, 9.17) is 9.47 Å². The van der Waals surface area contributed by atoms with Gasteiger partial charge >= 0.3 is 0 Å². The van der Waals surface area contributed by atoms with E-state index in [9.17, 15) is 13.2 Å². The molecule has 8 nitrogen and oxygen atoms in total. The summed E-state index contributed by atoms with van der Waals surface area (Å²) in [5.74, 6) is 0.792. The molecule has 0 atom stereocenters. The van der Waals surface area contributed by atoms with Gasteiger partial charge in [0.15, 0.2) is 11.5 Å². The van der Waals surface area contributed by atoms with Gasteiger partial charge in [0.05, 0.1) is 19.8 Å². The Balaban J connectivity index is 1.48. The van der Waals surface area contributed by atoms with Crippen molar-refractivity contribution in [2.24, 2.45) is 0 Å². The van der Waals surface area contributed by atoms with E-state index in [2.05, 4.69) is 10.3 Å². The van der Waals surface area contributed by atoms with Crippen molar-refractivity contribution in [1.82, 2.24) is 9.29 Å². The molecule has 1 fully saturated rings. The lowest BCUT2D eigenvalue weighted by Crippen LogP contribution is -2.39. The number of amides is 1. The van der Waals surface area contributed by atoms with E-state index in [1.54, 1.807) is 24.3 Å². The number of hydrogen-bond donors (Lipinski definition) is 1. The summed E-state index contributed by atoms with van der Waals surface area (Å²) >= 11 is 0. The van der Waals surface area contributed by atoms with Crippen molar-refractivity contribution in [2.45, 2.75) is 30.2 Å². The lowest BCUT2D eigenvalue weighted by atomic mass is 10.2. The molecule has 1 saturated carbocycles. The predicted octanol–water partition coefficient (Wildman–Crippen LogP) is 2.03. The van der Waals surface area contributed by atoms with Crippen LogP contribution < -0.4 is 14.8 Å². The average molecular weight is 403 g/mol. The van der Waals surface area contributed by atoms with Crippen LogP contribution in [0.3, 0.4) is 0 Å². The molecule has 1 N–H and O–H groups in total. The highest BCUT2D eigenvalue weighted by Crippen LogP contribution is 2.33. The Morgan fingerprint density at radius 2 is 1.96 bits per heavy atom. The van der Waals surface area contributed by atoms with E-state index in [0.29, 0.717) is 30.4 Å². The van der Waals surface area contributed by atoms with Crippen molar-refractivity contribution in [2.75, 3.05) is 25.1 Å². The van der Waals surface area contributed by atoms with Gasteiger partial charge in [0, 0.05) is 36.6 Å².